The highest BCUT2D eigenvalue weighted by molar-refractivity contribution is 6.09. The fraction of sp³-hybridized carbons (Fsp3) is 0.316. The van der Waals surface area contributed by atoms with Gasteiger partial charge in [0, 0.05) is 11.5 Å². The van der Waals surface area contributed by atoms with Crippen molar-refractivity contribution in [3.63, 3.8) is 0 Å². The van der Waals surface area contributed by atoms with Crippen LogP contribution in [0.4, 0.5) is 5.82 Å². The number of benzene rings is 1. The number of aryl methyl sites for hydroxylation is 2. The number of carbonyl (C=O) groups excluding carboxylic acids is 1. The first-order valence-corrected chi connectivity index (χ1v) is 8.59. The number of fused-ring (bicyclic) bond motifs is 1. The normalized spacial score (nSPS) is 14.1. The molecule has 3 aromatic rings. The predicted molar refractivity (Wildman–Crippen MR) is 99.6 cm³/mol. The first-order valence-electron chi connectivity index (χ1n) is 8.59. The lowest BCUT2D eigenvalue weighted by atomic mass is 10.1. The van der Waals surface area contributed by atoms with E-state index in [1.807, 2.05) is 13.8 Å². The van der Waals surface area contributed by atoms with E-state index >= 15 is 0 Å². The molecule has 0 bridgehead atoms. The monoisotopic (exact) mass is 351 g/mol. The molecule has 1 aliphatic carbocycles. The van der Waals surface area contributed by atoms with Crippen LogP contribution in [-0.4, -0.2) is 25.5 Å². The second kappa shape index (κ2) is 5.45. The van der Waals surface area contributed by atoms with Crippen LogP contribution in [0.1, 0.15) is 51.6 Å². The van der Waals surface area contributed by atoms with Gasteiger partial charge in [-0.15, -0.1) is 0 Å². The third-order valence-electron chi connectivity index (χ3n) is 5.07. The fourth-order valence-corrected chi connectivity index (χ4v) is 3.57. The molecule has 7 heteroatoms. The molecule has 4 rings (SSSR count). The lowest BCUT2D eigenvalue weighted by Gasteiger charge is -2.15. The lowest BCUT2D eigenvalue weighted by molar-refractivity contribution is 0.100. The molecule has 1 fully saturated rings. The van der Waals surface area contributed by atoms with Gasteiger partial charge in [0.2, 0.25) is 0 Å². The standard InChI is InChI=1S/C19H21N5O2/c1-8-4-7-12(25)9(2)16(8)24-17(20)13(18(21)26)15-19(24)22-10(3)14(23-15)11-5-6-11/h4,7,11,25H,5-6,20H2,1-3H3,(H2,21,26). The molecule has 1 amide bonds. The van der Waals surface area contributed by atoms with Gasteiger partial charge in [0.15, 0.2) is 5.65 Å². The number of aromatic hydroxyl groups is 1. The van der Waals surface area contributed by atoms with Gasteiger partial charge in [0.1, 0.15) is 22.6 Å². The zero-order chi connectivity index (χ0) is 18.7. The minimum absolute atomic E-state index is 0.145. The SMILES string of the molecule is Cc1ccc(O)c(C)c1-n1c(N)c(C(N)=O)c2nc(C3CC3)c(C)nc21. The maximum absolute atomic E-state index is 12.1. The first kappa shape index (κ1) is 16.4. The summed E-state index contributed by atoms with van der Waals surface area (Å²) in [7, 11) is 0. The predicted octanol–water partition coefficient (Wildman–Crippen LogP) is 2.61. The lowest BCUT2D eigenvalue weighted by Crippen LogP contribution is -2.14. The Kier molecular flexibility index (Phi) is 3.44. The van der Waals surface area contributed by atoms with Crippen molar-refractivity contribution in [2.24, 2.45) is 5.73 Å². The maximum Gasteiger partial charge on any atom is 0.254 e. The molecule has 0 unspecified atom stereocenters. The minimum Gasteiger partial charge on any atom is -0.508 e. The molecule has 26 heavy (non-hydrogen) atoms. The van der Waals surface area contributed by atoms with Gasteiger partial charge in [-0.25, -0.2) is 9.97 Å². The highest BCUT2D eigenvalue weighted by Crippen LogP contribution is 2.42. The summed E-state index contributed by atoms with van der Waals surface area (Å²) in [5.74, 6) is 0.0893. The van der Waals surface area contributed by atoms with Gasteiger partial charge in [-0.2, -0.15) is 0 Å². The van der Waals surface area contributed by atoms with E-state index in [9.17, 15) is 9.90 Å². The summed E-state index contributed by atoms with van der Waals surface area (Å²) < 4.78 is 1.68. The number of aromatic nitrogens is 3. The van der Waals surface area contributed by atoms with Crippen molar-refractivity contribution in [2.45, 2.75) is 39.5 Å². The molecule has 2 heterocycles. The van der Waals surface area contributed by atoms with Crippen LogP contribution >= 0.6 is 0 Å². The Morgan fingerprint density at radius 1 is 1.23 bits per heavy atom. The number of rotatable bonds is 3. The van der Waals surface area contributed by atoms with Crippen LogP contribution in [0.2, 0.25) is 0 Å². The minimum atomic E-state index is -0.637. The molecule has 1 aromatic carbocycles. The summed E-state index contributed by atoms with van der Waals surface area (Å²) in [4.78, 5) is 21.6. The smallest absolute Gasteiger partial charge is 0.254 e. The Balaban J connectivity index is 2.14. The van der Waals surface area contributed by atoms with Crippen LogP contribution < -0.4 is 11.5 Å². The van der Waals surface area contributed by atoms with Crippen LogP contribution in [0.25, 0.3) is 16.9 Å². The fourth-order valence-electron chi connectivity index (χ4n) is 3.57. The molecule has 0 saturated heterocycles. The number of nitrogens with zero attached hydrogens (tertiary/aromatic N) is 3. The first-order chi connectivity index (χ1) is 12.3. The third kappa shape index (κ3) is 2.23. The molecular formula is C19H21N5O2. The van der Waals surface area contributed by atoms with Crippen molar-refractivity contribution in [3.05, 3.63) is 40.2 Å². The van der Waals surface area contributed by atoms with Gasteiger partial charge >= 0.3 is 0 Å². The van der Waals surface area contributed by atoms with E-state index in [1.165, 1.54) is 0 Å². The number of carbonyl (C=O) groups is 1. The molecule has 1 saturated carbocycles. The average molecular weight is 351 g/mol. The highest BCUT2D eigenvalue weighted by Gasteiger charge is 2.31. The van der Waals surface area contributed by atoms with E-state index in [2.05, 4.69) is 0 Å². The average Bonchev–Trinajstić information content (AvgIpc) is 3.37. The molecule has 0 radical (unpaired) electrons. The van der Waals surface area contributed by atoms with Crippen LogP contribution in [0.15, 0.2) is 12.1 Å². The van der Waals surface area contributed by atoms with E-state index in [0.29, 0.717) is 28.3 Å². The zero-order valence-corrected chi connectivity index (χ0v) is 15.0. The third-order valence-corrected chi connectivity index (χ3v) is 5.07. The zero-order valence-electron chi connectivity index (χ0n) is 15.0. The number of nitrogens with two attached hydrogens (primary N) is 2. The quantitative estimate of drug-likeness (QED) is 0.670. The van der Waals surface area contributed by atoms with Crippen molar-refractivity contribution >= 4 is 22.9 Å². The molecular weight excluding hydrogens is 330 g/mol. The number of phenols is 1. The van der Waals surface area contributed by atoms with E-state index < -0.39 is 5.91 Å². The summed E-state index contributed by atoms with van der Waals surface area (Å²) in [6.07, 6.45) is 2.15. The van der Waals surface area contributed by atoms with Gasteiger partial charge < -0.3 is 16.6 Å². The summed E-state index contributed by atoms with van der Waals surface area (Å²) in [6, 6.07) is 3.43. The molecule has 0 spiro atoms. The Bertz CT molecular complexity index is 1080. The summed E-state index contributed by atoms with van der Waals surface area (Å²) in [6.45, 7) is 5.63. The molecule has 0 aliphatic heterocycles. The van der Waals surface area contributed by atoms with Crippen molar-refractivity contribution in [3.8, 4) is 11.4 Å². The van der Waals surface area contributed by atoms with Crippen LogP contribution in [0.5, 0.6) is 5.75 Å². The van der Waals surface area contributed by atoms with Crippen LogP contribution in [0.3, 0.4) is 0 Å². The Morgan fingerprint density at radius 3 is 2.54 bits per heavy atom. The number of amides is 1. The number of primary amides is 1. The van der Waals surface area contributed by atoms with Gasteiger partial charge in [-0.3, -0.25) is 9.36 Å². The molecule has 1 aliphatic rings. The second-order valence-corrected chi connectivity index (χ2v) is 6.98. The van der Waals surface area contributed by atoms with E-state index in [4.69, 9.17) is 21.4 Å². The van der Waals surface area contributed by atoms with Gasteiger partial charge in [-0.1, -0.05) is 6.07 Å². The van der Waals surface area contributed by atoms with Gasteiger partial charge in [0.25, 0.3) is 5.91 Å². The summed E-state index contributed by atoms with van der Waals surface area (Å²) >= 11 is 0. The van der Waals surface area contributed by atoms with Crippen LogP contribution in [0, 0.1) is 20.8 Å². The number of nitrogen functional groups attached to an aromatic ring is 1. The molecule has 5 N–H and O–H groups in total. The van der Waals surface area contributed by atoms with E-state index in [1.54, 1.807) is 23.6 Å². The Morgan fingerprint density at radius 2 is 1.92 bits per heavy atom. The second-order valence-electron chi connectivity index (χ2n) is 6.98. The maximum atomic E-state index is 12.1. The highest BCUT2D eigenvalue weighted by atomic mass is 16.3. The molecule has 134 valence electrons. The largest absolute Gasteiger partial charge is 0.508 e. The van der Waals surface area contributed by atoms with Crippen molar-refractivity contribution in [2.75, 3.05) is 5.73 Å². The number of anilines is 1. The van der Waals surface area contributed by atoms with E-state index in [-0.39, 0.29) is 17.1 Å². The Labute approximate surface area is 150 Å². The van der Waals surface area contributed by atoms with Crippen LogP contribution in [-0.2, 0) is 0 Å². The van der Waals surface area contributed by atoms with Crippen molar-refractivity contribution in [1.82, 2.24) is 14.5 Å². The molecule has 7 nitrogen and oxygen atoms in total. The number of phenolic OH excluding ortho intramolecular Hbond substituents is 1. The van der Waals surface area contributed by atoms with Gasteiger partial charge in [0.05, 0.1) is 17.1 Å². The number of hydrogen-bond donors (Lipinski definition) is 3. The Hall–Kier alpha value is -3.09. The van der Waals surface area contributed by atoms with Gasteiger partial charge in [-0.05, 0) is 45.2 Å². The topological polar surface area (TPSA) is 120 Å². The molecule has 2 aromatic heterocycles. The van der Waals surface area contributed by atoms with Crippen molar-refractivity contribution in [1.29, 1.82) is 0 Å². The summed E-state index contributed by atoms with van der Waals surface area (Å²) in [5, 5.41) is 10.2. The molecule has 0 atom stereocenters. The number of hydrogen-bond acceptors (Lipinski definition) is 5. The summed E-state index contributed by atoms with van der Waals surface area (Å²) in [5.41, 5.74) is 17.0. The van der Waals surface area contributed by atoms with E-state index in [0.717, 1.165) is 29.8 Å². The van der Waals surface area contributed by atoms with Crippen molar-refractivity contribution < 1.29 is 9.90 Å².